The molecule has 0 fully saturated rings. The lowest BCUT2D eigenvalue weighted by Crippen LogP contribution is -2.41. The van der Waals surface area contributed by atoms with Crippen molar-refractivity contribution in [1.29, 1.82) is 0 Å². The molecule has 2 aliphatic heterocycles. The van der Waals surface area contributed by atoms with Gasteiger partial charge in [-0.1, -0.05) is 23.4 Å². The minimum atomic E-state index is -0.322. The highest BCUT2D eigenvalue weighted by molar-refractivity contribution is 6.11. The van der Waals surface area contributed by atoms with Crippen LogP contribution in [0.25, 0.3) is 0 Å². The van der Waals surface area contributed by atoms with Crippen LogP contribution in [0.1, 0.15) is 17.5 Å². The number of oxime groups is 1. The first kappa shape index (κ1) is 9.21. The van der Waals surface area contributed by atoms with E-state index in [2.05, 4.69) is 5.16 Å². The third-order valence-electron chi connectivity index (χ3n) is 2.96. The smallest absolute Gasteiger partial charge is 0.414 e. The first-order chi connectivity index (χ1) is 7.81. The number of hydrogen-bond donors (Lipinski definition) is 1. The summed E-state index contributed by atoms with van der Waals surface area (Å²) in [4.78, 5) is 13.2. The Morgan fingerprint density at radius 3 is 3.12 bits per heavy atom. The summed E-state index contributed by atoms with van der Waals surface area (Å²) >= 11 is 0. The number of nitrogens with zero attached hydrogens (tertiary/aromatic N) is 2. The predicted molar refractivity (Wildman–Crippen MR) is 56.9 cm³/mol. The monoisotopic (exact) mass is 218 g/mol. The minimum Gasteiger partial charge on any atom is -0.444 e. The van der Waals surface area contributed by atoms with Crippen LogP contribution in [0.4, 0.5) is 10.5 Å². The molecule has 1 aromatic rings. The fourth-order valence-electron chi connectivity index (χ4n) is 2.23. The van der Waals surface area contributed by atoms with E-state index in [4.69, 9.17) is 9.94 Å². The van der Waals surface area contributed by atoms with Crippen LogP contribution in [0.2, 0.25) is 0 Å². The molecule has 0 unspecified atom stereocenters. The van der Waals surface area contributed by atoms with Crippen molar-refractivity contribution < 1.29 is 14.7 Å². The Hall–Kier alpha value is -2.04. The second-order valence-electron chi connectivity index (χ2n) is 3.82. The van der Waals surface area contributed by atoms with Gasteiger partial charge in [0.2, 0.25) is 0 Å². The lowest BCUT2D eigenvalue weighted by molar-refractivity contribution is 0.141. The van der Waals surface area contributed by atoms with Gasteiger partial charge in [-0.2, -0.15) is 0 Å². The number of carbonyl (C=O) groups excluding carboxylic acids is 1. The molecule has 0 saturated carbocycles. The molecule has 3 rings (SSSR count). The molecule has 16 heavy (non-hydrogen) atoms. The highest BCUT2D eigenvalue weighted by Gasteiger charge is 2.32. The predicted octanol–water partition coefficient (Wildman–Crippen LogP) is 1.73. The van der Waals surface area contributed by atoms with Gasteiger partial charge >= 0.3 is 6.09 Å². The molecule has 0 saturated heterocycles. The van der Waals surface area contributed by atoms with Crippen LogP contribution >= 0.6 is 0 Å². The van der Waals surface area contributed by atoms with Crippen molar-refractivity contribution >= 4 is 17.5 Å². The molecule has 2 aliphatic rings. The normalized spacial score (nSPS) is 20.6. The number of amides is 1. The SMILES string of the molecule is O=C1OCc2cccc3c2N1CCC3=NO. The van der Waals surface area contributed by atoms with Crippen molar-refractivity contribution in [3.63, 3.8) is 0 Å². The third kappa shape index (κ3) is 1.11. The number of ether oxygens (including phenoxy) is 1. The van der Waals surface area contributed by atoms with E-state index in [1.807, 2.05) is 18.2 Å². The van der Waals surface area contributed by atoms with E-state index in [1.165, 1.54) is 0 Å². The highest BCUT2D eigenvalue weighted by Crippen LogP contribution is 2.34. The van der Waals surface area contributed by atoms with Gasteiger partial charge in [0.25, 0.3) is 0 Å². The summed E-state index contributed by atoms with van der Waals surface area (Å²) in [6.45, 7) is 0.791. The molecule has 5 nitrogen and oxygen atoms in total. The van der Waals surface area contributed by atoms with Crippen LogP contribution in [-0.4, -0.2) is 23.6 Å². The molecule has 0 bridgehead atoms. The number of benzene rings is 1. The van der Waals surface area contributed by atoms with E-state index in [9.17, 15) is 4.79 Å². The van der Waals surface area contributed by atoms with Crippen LogP contribution in [0.5, 0.6) is 0 Å². The van der Waals surface area contributed by atoms with Crippen molar-refractivity contribution in [3.05, 3.63) is 29.3 Å². The van der Waals surface area contributed by atoms with Crippen molar-refractivity contribution in [3.8, 4) is 0 Å². The van der Waals surface area contributed by atoms with E-state index in [0.717, 1.165) is 16.8 Å². The van der Waals surface area contributed by atoms with E-state index < -0.39 is 0 Å². The van der Waals surface area contributed by atoms with Crippen LogP contribution in [0.3, 0.4) is 0 Å². The van der Waals surface area contributed by atoms with Gasteiger partial charge in [-0.15, -0.1) is 0 Å². The Morgan fingerprint density at radius 2 is 2.31 bits per heavy atom. The molecule has 0 aliphatic carbocycles. The maximum Gasteiger partial charge on any atom is 0.414 e. The second-order valence-corrected chi connectivity index (χ2v) is 3.82. The molecule has 1 aromatic carbocycles. The molecule has 0 spiro atoms. The quantitative estimate of drug-likeness (QED) is 0.532. The van der Waals surface area contributed by atoms with Gasteiger partial charge in [0.1, 0.15) is 6.61 Å². The van der Waals surface area contributed by atoms with Crippen molar-refractivity contribution in [2.75, 3.05) is 11.4 Å². The zero-order chi connectivity index (χ0) is 11.1. The van der Waals surface area contributed by atoms with Crippen LogP contribution < -0.4 is 4.90 Å². The van der Waals surface area contributed by atoms with Gasteiger partial charge in [-0.3, -0.25) is 4.90 Å². The maximum absolute atomic E-state index is 11.6. The first-order valence-corrected chi connectivity index (χ1v) is 5.09. The van der Waals surface area contributed by atoms with Crippen LogP contribution in [0, 0.1) is 0 Å². The van der Waals surface area contributed by atoms with Gasteiger partial charge in [0, 0.05) is 24.1 Å². The fraction of sp³-hybridized carbons (Fsp3) is 0.273. The van der Waals surface area contributed by atoms with Crippen molar-refractivity contribution in [2.24, 2.45) is 5.16 Å². The molecule has 2 heterocycles. The fourth-order valence-corrected chi connectivity index (χ4v) is 2.23. The Labute approximate surface area is 91.9 Å². The molecule has 5 heteroatoms. The second kappa shape index (κ2) is 3.23. The summed E-state index contributed by atoms with van der Waals surface area (Å²) in [7, 11) is 0. The molecule has 1 amide bonds. The third-order valence-corrected chi connectivity index (χ3v) is 2.96. The number of carbonyl (C=O) groups is 1. The van der Waals surface area contributed by atoms with Gasteiger partial charge < -0.3 is 9.94 Å². The highest BCUT2D eigenvalue weighted by atomic mass is 16.6. The van der Waals surface area contributed by atoms with E-state index in [0.29, 0.717) is 18.7 Å². The first-order valence-electron chi connectivity index (χ1n) is 5.09. The Morgan fingerprint density at radius 1 is 1.44 bits per heavy atom. The topological polar surface area (TPSA) is 62.1 Å². The molecule has 0 atom stereocenters. The zero-order valence-corrected chi connectivity index (χ0v) is 8.51. The summed E-state index contributed by atoms with van der Waals surface area (Å²) in [5, 5.41) is 12.2. The van der Waals surface area contributed by atoms with Gasteiger partial charge in [0.15, 0.2) is 0 Å². The molecule has 0 radical (unpaired) electrons. The van der Waals surface area contributed by atoms with Gasteiger partial charge in [0.05, 0.1) is 11.4 Å². The van der Waals surface area contributed by atoms with Crippen molar-refractivity contribution in [1.82, 2.24) is 0 Å². The number of para-hydroxylation sites is 1. The molecule has 0 aromatic heterocycles. The van der Waals surface area contributed by atoms with E-state index in [1.54, 1.807) is 4.90 Å². The van der Waals surface area contributed by atoms with Crippen LogP contribution in [0.15, 0.2) is 23.4 Å². The number of hydrogen-bond acceptors (Lipinski definition) is 4. The van der Waals surface area contributed by atoms with E-state index >= 15 is 0 Å². The standard InChI is InChI=1S/C11H10N2O3/c14-11-13-5-4-9(12-15)8-3-1-2-7(6-16-11)10(8)13/h1-3,15H,4-6H2. The Balaban J connectivity index is 2.25. The number of rotatable bonds is 0. The molecule has 1 N–H and O–H groups in total. The Bertz CT molecular complexity index is 496. The van der Waals surface area contributed by atoms with Crippen LogP contribution in [-0.2, 0) is 11.3 Å². The maximum atomic E-state index is 11.6. The minimum absolute atomic E-state index is 0.289. The number of cyclic esters (lactones) is 1. The molecule has 82 valence electrons. The van der Waals surface area contributed by atoms with Gasteiger partial charge in [-0.05, 0) is 0 Å². The summed E-state index contributed by atoms with van der Waals surface area (Å²) in [6, 6.07) is 5.65. The Kier molecular flexibility index (Phi) is 1.86. The summed E-state index contributed by atoms with van der Waals surface area (Å²) in [6.07, 6.45) is 0.221. The molecular weight excluding hydrogens is 208 g/mol. The number of anilines is 1. The lowest BCUT2D eigenvalue weighted by Gasteiger charge is -2.34. The summed E-state index contributed by atoms with van der Waals surface area (Å²) in [5.74, 6) is 0. The molecular formula is C11H10N2O3. The average Bonchev–Trinajstić information content (AvgIpc) is 2.34. The largest absolute Gasteiger partial charge is 0.444 e. The average molecular weight is 218 g/mol. The van der Waals surface area contributed by atoms with E-state index in [-0.39, 0.29) is 12.7 Å². The van der Waals surface area contributed by atoms with Crippen molar-refractivity contribution in [2.45, 2.75) is 13.0 Å². The zero-order valence-electron chi connectivity index (χ0n) is 8.51. The summed E-state index contributed by atoms with van der Waals surface area (Å²) < 4.78 is 5.05. The summed E-state index contributed by atoms with van der Waals surface area (Å²) in [5.41, 5.74) is 3.24. The van der Waals surface area contributed by atoms with Gasteiger partial charge in [-0.25, -0.2) is 4.79 Å². The lowest BCUT2D eigenvalue weighted by atomic mass is 9.96.